The van der Waals surface area contributed by atoms with Crippen LogP contribution in [0.15, 0.2) is 42.5 Å². The van der Waals surface area contributed by atoms with Gasteiger partial charge in [-0.1, -0.05) is 12.1 Å². The monoisotopic (exact) mass is 260 g/mol. The molecule has 0 heterocycles. The molecule has 2 aromatic carbocycles. The second kappa shape index (κ2) is 6.00. The first-order valence-electron chi connectivity index (χ1n) is 5.73. The van der Waals surface area contributed by atoms with Gasteiger partial charge in [-0.2, -0.15) is 0 Å². The van der Waals surface area contributed by atoms with Gasteiger partial charge in [-0.3, -0.25) is 4.79 Å². The first kappa shape index (κ1) is 13.1. The van der Waals surface area contributed by atoms with Crippen LogP contribution in [0.5, 0.6) is 11.5 Å². The number of methoxy groups -OCH3 is 1. The summed E-state index contributed by atoms with van der Waals surface area (Å²) in [6, 6.07) is 11.1. The van der Waals surface area contributed by atoms with E-state index in [1.165, 1.54) is 19.2 Å². The molecule has 0 saturated carbocycles. The molecule has 0 aliphatic rings. The van der Waals surface area contributed by atoms with Gasteiger partial charge in [0.2, 0.25) is 0 Å². The molecule has 19 heavy (non-hydrogen) atoms. The van der Waals surface area contributed by atoms with Gasteiger partial charge in [0.1, 0.15) is 23.9 Å². The standard InChI is InChI=1S/C15H13FO3/c1-18-14-5-6-15(12(8-14)9-17)19-10-11-3-2-4-13(16)7-11/h2-9H,10H2,1H3. The number of benzene rings is 2. The molecule has 3 nitrogen and oxygen atoms in total. The fourth-order valence-corrected chi connectivity index (χ4v) is 1.66. The number of ether oxygens (including phenoxy) is 2. The van der Waals surface area contributed by atoms with Crippen LogP contribution in [0.2, 0.25) is 0 Å². The summed E-state index contributed by atoms with van der Waals surface area (Å²) in [6.07, 6.45) is 0.698. The lowest BCUT2D eigenvalue weighted by atomic mass is 10.2. The topological polar surface area (TPSA) is 35.5 Å². The van der Waals surface area contributed by atoms with E-state index >= 15 is 0 Å². The highest BCUT2D eigenvalue weighted by Gasteiger charge is 2.05. The summed E-state index contributed by atoms with van der Waals surface area (Å²) in [5.41, 5.74) is 1.10. The number of halogens is 1. The summed E-state index contributed by atoms with van der Waals surface area (Å²) >= 11 is 0. The Balaban J connectivity index is 2.13. The predicted octanol–water partition coefficient (Wildman–Crippen LogP) is 3.23. The van der Waals surface area contributed by atoms with Gasteiger partial charge in [0.25, 0.3) is 0 Å². The largest absolute Gasteiger partial charge is 0.497 e. The van der Waals surface area contributed by atoms with Gasteiger partial charge in [0.05, 0.1) is 12.7 Å². The molecule has 0 amide bonds. The van der Waals surface area contributed by atoms with Crippen molar-refractivity contribution in [3.8, 4) is 11.5 Å². The fraction of sp³-hybridized carbons (Fsp3) is 0.133. The van der Waals surface area contributed by atoms with Crippen molar-refractivity contribution < 1.29 is 18.7 Å². The van der Waals surface area contributed by atoms with E-state index in [0.29, 0.717) is 28.9 Å². The summed E-state index contributed by atoms with van der Waals surface area (Å²) in [5, 5.41) is 0. The molecule has 0 radical (unpaired) electrons. The van der Waals surface area contributed by atoms with E-state index in [2.05, 4.69) is 0 Å². The Bertz CT molecular complexity index is 581. The number of carbonyl (C=O) groups excluding carboxylic acids is 1. The molecule has 0 N–H and O–H groups in total. The Morgan fingerprint density at radius 2 is 2.05 bits per heavy atom. The van der Waals surface area contributed by atoms with Crippen molar-refractivity contribution in [2.24, 2.45) is 0 Å². The minimum Gasteiger partial charge on any atom is -0.497 e. The van der Waals surface area contributed by atoms with Crippen LogP contribution < -0.4 is 9.47 Å². The lowest BCUT2D eigenvalue weighted by Gasteiger charge is -2.09. The molecule has 2 aromatic rings. The van der Waals surface area contributed by atoms with Crippen molar-refractivity contribution >= 4 is 6.29 Å². The maximum Gasteiger partial charge on any atom is 0.153 e. The smallest absolute Gasteiger partial charge is 0.153 e. The Kier molecular flexibility index (Phi) is 4.13. The van der Waals surface area contributed by atoms with Crippen LogP contribution >= 0.6 is 0 Å². The number of hydrogen-bond donors (Lipinski definition) is 0. The molecule has 0 aromatic heterocycles. The quantitative estimate of drug-likeness (QED) is 0.774. The van der Waals surface area contributed by atoms with Crippen LogP contribution in [0.1, 0.15) is 15.9 Å². The molecular formula is C15H13FO3. The third kappa shape index (κ3) is 3.31. The van der Waals surface area contributed by atoms with Crippen LogP contribution in [0.25, 0.3) is 0 Å². The number of carbonyl (C=O) groups is 1. The third-order valence-corrected chi connectivity index (χ3v) is 2.63. The van der Waals surface area contributed by atoms with Gasteiger partial charge in [0, 0.05) is 0 Å². The van der Waals surface area contributed by atoms with E-state index in [0.717, 1.165) is 0 Å². The summed E-state index contributed by atoms with van der Waals surface area (Å²) in [4.78, 5) is 11.0. The van der Waals surface area contributed by atoms with Gasteiger partial charge in [-0.05, 0) is 35.9 Å². The lowest BCUT2D eigenvalue weighted by molar-refractivity contribution is 0.111. The zero-order valence-electron chi connectivity index (χ0n) is 10.4. The SMILES string of the molecule is COc1ccc(OCc2cccc(F)c2)c(C=O)c1. The van der Waals surface area contributed by atoms with E-state index < -0.39 is 0 Å². The van der Waals surface area contributed by atoms with Crippen molar-refractivity contribution in [1.29, 1.82) is 0 Å². The predicted molar refractivity (Wildman–Crippen MR) is 69.1 cm³/mol. The second-order valence-corrected chi connectivity index (χ2v) is 3.94. The Hall–Kier alpha value is -2.36. The summed E-state index contributed by atoms with van der Waals surface area (Å²) in [6.45, 7) is 0.199. The molecule has 0 aliphatic carbocycles. The molecule has 98 valence electrons. The maximum atomic E-state index is 13.0. The van der Waals surface area contributed by atoms with Crippen molar-refractivity contribution in [3.63, 3.8) is 0 Å². The highest BCUT2D eigenvalue weighted by Crippen LogP contribution is 2.23. The molecule has 0 atom stereocenters. The Labute approximate surface area is 110 Å². The van der Waals surface area contributed by atoms with Gasteiger partial charge < -0.3 is 9.47 Å². The van der Waals surface area contributed by atoms with Gasteiger partial charge in [0.15, 0.2) is 6.29 Å². The van der Waals surface area contributed by atoms with Gasteiger partial charge >= 0.3 is 0 Å². The van der Waals surface area contributed by atoms with Gasteiger partial charge in [-0.15, -0.1) is 0 Å². The zero-order valence-corrected chi connectivity index (χ0v) is 10.4. The minimum absolute atomic E-state index is 0.199. The van der Waals surface area contributed by atoms with E-state index in [1.54, 1.807) is 30.3 Å². The highest BCUT2D eigenvalue weighted by molar-refractivity contribution is 5.80. The third-order valence-electron chi connectivity index (χ3n) is 2.63. The van der Waals surface area contributed by atoms with E-state index in [-0.39, 0.29) is 12.4 Å². The number of aldehydes is 1. The van der Waals surface area contributed by atoms with Gasteiger partial charge in [-0.25, -0.2) is 4.39 Å². The molecule has 0 fully saturated rings. The molecule has 0 saturated heterocycles. The molecule has 2 rings (SSSR count). The second-order valence-electron chi connectivity index (χ2n) is 3.94. The van der Waals surface area contributed by atoms with Crippen LogP contribution in [0.3, 0.4) is 0 Å². The van der Waals surface area contributed by atoms with Crippen molar-refractivity contribution in [1.82, 2.24) is 0 Å². The van der Waals surface area contributed by atoms with Crippen LogP contribution in [-0.2, 0) is 6.61 Å². The summed E-state index contributed by atoms with van der Waals surface area (Å²) in [5.74, 6) is 0.715. The van der Waals surface area contributed by atoms with Crippen LogP contribution in [0, 0.1) is 5.82 Å². The lowest BCUT2D eigenvalue weighted by Crippen LogP contribution is -1.99. The molecule has 0 unspecified atom stereocenters. The zero-order chi connectivity index (χ0) is 13.7. The number of hydrogen-bond acceptors (Lipinski definition) is 3. The first-order chi connectivity index (χ1) is 9.22. The van der Waals surface area contributed by atoms with Crippen molar-refractivity contribution in [2.75, 3.05) is 7.11 Å². The Morgan fingerprint density at radius 1 is 1.21 bits per heavy atom. The minimum atomic E-state index is -0.313. The average molecular weight is 260 g/mol. The number of rotatable bonds is 5. The molecule has 0 spiro atoms. The van der Waals surface area contributed by atoms with E-state index in [1.807, 2.05) is 0 Å². The van der Waals surface area contributed by atoms with E-state index in [9.17, 15) is 9.18 Å². The van der Waals surface area contributed by atoms with Crippen molar-refractivity contribution in [3.05, 3.63) is 59.4 Å². The summed E-state index contributed by atoms with van der Waals surface area (Å²) in [7, 11) is 1.52. The molecule has 0 aliphatic heterocycles. The fourth-order valence-electron chi connectivity index (χ4n) is 1.66. The van der Waals surface area contributed by atoms with Crippen LogP contribution in [0.4, 0.5) is 4.39 Å². The normalized spacial score (nSPS) is 10.0. The highest BCUT2D eigenvalue weighted by atomic mass is 19.1. The molecule has 4 heteroatoms. The average Bonchev–Trinajstić information content (AvgIpc) is 2.45. The van der Waals surface area contributed by atoms with Crippen LogP contribution in [-0.4, -0.2) is 13.4 Å². The maximum absolute atomic E-state index is 13.0. The Morgan fingerprint density at radius 3 is 2.74 bits per heavy atom. The van der Waals surface area contributed by atoms with E-state index in [4.69, 9.17) is 9.47 Å². The molecular weight excluding hydrogens is 247 g/mol. The summed E-state index contributed by atoms with van der Waals surface area (Å²) < 4.78 is 23.6. The first-order valence-corrected chi connectivity index (χ1v) is 5.73. The van der Waals surface area contributed by atoms with Crippen molar-refractivity contribution in [2.45, 2.75) is 6.61 Å². The molecule has 0 bridgehead atoms.